The van der Waals surface area contributed by atoms with Gasteiger partial charge in [0, 0.05) is 0 Å². The van der Waals surface area contributed by atoms with Crippen LogP contribution in [0.5, 0.6) is 5.75 Å². The fraction of sp³-hybridized carbons (Fsp3) is 0.235. The van der Waals surface area contributed by atoms with Crippen LogP contribution in [-0.4, -0.2) is 6.54 Å². The zero-order valence-corrected chi connectivity index (χ0v) is 11.5. The van der Waals surface area contributed by atoms with Crippen molar-refractivity contribution in [3.63, 3.8) is 0 Å². The van der Waals surface area contributed by atoms with Gasteiger partial charge >= 0.3 is 0 Å². The van der Waals surface area contributed by atoms with E-state index in [0.29, 0.717) is 6.61 Å². The van der Waals surface area contributed by atoms with Crippen molar-refractivity contribution in [2.45, 2.75) is 19.6 Å². The largest absolute Gasteiger partial charge is 0.489 e. The first-order chi connectivity index (χ1) is 9.83. The number of nitrogens with one attached hydrogen (secondary N) is 1. The van der Waals surface area contributed by atoms with E-state index in [-0.39, 0.29) is 6.04 Å². The molecule has 0 aliphatic rings. The molecule has 1 unspecified atom stereocenters. The number of hydrogen-bond donors (Lipinski definition) is 1. The van der Waals surface area contributed by atoms with E-state index in [1.54, 1.807) is 0 Å². The summed E-state index contributed by atoms with van der Waals surface area (Å²) in [6.07, 6.45) is 0. The first-order valence-electron chi connectivity index (χ1n) is 6.73. The quantitative estimate of drug-likeness (QED) is 0.871. The summed E-state index contributed by atoms with van der Waals surface area (Å²) in [6, 6.07) is 19.7. The van der Waals surface area contributed by atoms with Crippen LogP contribution in [-0.2, 0) is 6.61 Å². The summed E-state index contributed by atoms with van der Waals surface area (Å²) in [5.74, 6) is 0.811. The molecule has 0 heterocycles. The van der Waals surface area contributed by atoms with Crippen molar-refractivity contribution in [3.05, 3.63) is 65.7 Å². The summed E-state index contributed by atoms with van der Waals surface area (Å²) < 4.78 is 5.72. The molecule has 2 rings (SSSR count). The van der Waals surface area contributed by atoms with Gasteiger partial charge in [-0.1, -0.05) is 49.4 Å². The zero-order valence-electron chi connectivity index (χ0n) is 11.5. The minimum Gasteiger partial charge on any atom is -0.489 e. The number of ether oxygens (including phenoxy) is 1. The lowest BCUT2D eigenvalue weighted by atomic mass is 10.1. The van der Waals surface area contributed by atoms with Crippen LogP contribution in [0.25, 0.3) is 0 Å². The molecule has 102 valence electrons. The molecule has 3 heteroatoms. The van der Waals surface area contributed by atoms with Crippen LogP contribution in [0.2, 0.25) is 0 Å². The molecule has 20 heavy (non-hydrogen) atoms. The van der Waals surface area contributed by atoms with E-state index in [1.807, 2.05) is 61.5 Å². The first-order valence-corrected chi connectivity index (χ1v) is 6.73. The molecule has 0 amide bonds. The Balaban J connectivity index is 1.96. The summed E-state index contributed by atoms with van der Waals surface area (Å²) in [5, 5.41) is 12.2. The maximum absolute atomic E-state index is 9.09. The van der Waals surface area contributed by atoms with Gasteiger partial charge in [-0.2, -0.15) is 5.26 Å². The molecule has 3 nitrogen and oxygen atoms in total. The molecule has 0 saturated heterocycles. The molecule has 0 fully saturated rings. The molecular weight excluding hydrogens is 248 g/mol. The lowest BCUT2D eigenvalue weighted by Crippen LogP contribution is -2.18. The molecule has 1 N–H and O–H groups in total. The van der Waals surface area contributed by atoms with Gasteiger partial charge in [0.2, 0.25) is 0 Å². The number of rotatable bonds is 6. The third-order valence-corrected chi connectivity index (χ3v) is 3.00. The van der Waals surface area contributed by atoms with E-state index >= 15 is 0 Å². The highest BCUT2D eigenvalue weighted by Gasteiger charge is 2.08. The second kappa shape index (κ2) is 7.32. The topological polar surface area (TPSA) is 45.0 Å². The minimum atomic E-state index is -0.261. The predicted octanol–water partition coefficient (Wildman–Crippen LogP) is 3.44. The van der Waals surface area contributed by atoms with Crippen LogP contribution in [0.4, 0.5) is 0 Å². The van der Waals surface area contributed by atoms with Gasteiger partial charge in [0.25, 0.3) is 0 Å². The highest BCUT2D eigenvalue weighted by Crippen LogP contribution is 2.18. The van der Waals surface area contributed by atoms with Crippen LogP contribution in [0.3, 0.4) is 0 Å². The van der Waals surface area contributed by atoms with Crippen molar-refractivity contribution >= 4 is 0 Å². The van der Waals surface area contributed by atoms with Gasteiger partial charge in [-0.15, -0.1) is 0 Å². The SMILES string of the molecule is CCNC(C#N)c1ccc(OCc2ccccc2)cc1. The van der Waals surface area contributed by atoms with Gasteiger partial charge in [-0.25, -0.2) is 0 Å². The summed E-state index contributed by atoms with van der Waals surface area (Å²) >= 11 is 0. The average molecular weight is 266 g/mol. The molecule has 2 aromatic rings. The van der Waals surface area contributed by atoms with E-state index in [1.165, 1.54) is 0 Å². The third-order valence-electron chi connectivity index (χ3n) is 3.00. The van der Waals surface area contributed by atoms with Crippen LogP contribution < -0.4 is 10.1 Å². The Hall–Kier alpha value is -2.31. The molecule has 0 aromatic heterocycles. The van der Waals surface area contributed by atoms with Gasteiger partial charge in [0.1, 0.15) is 18.4 Å². The number of nitriles is 1. The van der Waals surface area contributed by atoms with Gasteiger partial charge < -0.3 is 4.74 Å². The monoisotopic (exact) mass is 266 g/mol. The lowest BCUT2D eigenvalue weighted by Gasteiger charge is -2.11. The third kappa shape index (κ3) is 3.84. The number of benzene rings is 2. The van der Waals surface area contributed by atoms with Crippen molar-refractivity contribution in [2.75, 3.05) is 6.54 Å². The normalized spacial score (nSPS) is 11.6. The Morgan fingerprint density at radius 1 is 1.10 bits per heavy atom. The molecule has 0 spiro atoms. The average Bonchev–Trinajstić information content (AvgIpc) is 2.52. The Labute approximate surface area is 119 Å². The smallest absolute Gasteiger partial charge is 0.121 e. The molecule has 0 aliphatic heterocycles. The summed E-state index contributed by atoms with van der Waals surface area (Å²) in [4.78, 5) is 0. The second-order valence-electron chi connectivity index (χ2n) is 4.46. The van der Waals surface area contributed by atoms with E-state index in [9.17, 15) is 0 Å². The molecule has 2 aromatic carbocycles. The standard InChI is InChI=1S/C17H18N2O/c1-2-19-17(12-18)15-8-10-16(11-9-15)20-13-14-6-4-3-5-7-14/h3-11,17,19H,2,13H2,1H3. The summed E-state index contributed by atoms with van der Waals surface area (Å²) in [6.45, 7) is 3.31. The van der Waals surface area contributed by atoms with Crippen molar-refractivity contribution in [1.82, 2.24) is 5.32 Å². The van der Waals surface area contributed by atoms with Gasteiger partial charge in [0.15, 0.2) is 0 Å². The summed E-state index contributed by atoms with van der Waals surface area (Å²) in [5.41, 5.74) is 2.10. The zero-order chi connectivity index (χ0) is 14.2. The van der Waals surface area contributed by atoms with Crippen LogP contribution in [0, 0.1) is 11.3 Å². The van der Waals surface area contributed by atoms with Crippen molar-refractivity contribution in [3.8, 4) is 11.8 Å². The fourth-order valence-electron chi connectivity index (χ4n) is 1.94. The Bertz CT molecular complexity index is 558. The maximum Gasteiger partial charge on any atom is 0.121 e. The molecule has 0 radical (unpaired) electrons. The van der Waals surface area contributed by atoms with Crippen molar-refractivity contribution < 1.29 is 4.74 Å². The Morgan fingerprint density at radius 2 is 1.80 bits per heavy atom. The van der Waals surface area contributed by atoms with E-state index < -0.39 is 0 Å². The molecule has 1 atom stereocenters. The van der Waals surface area contributed by atoms with E-state index in [0.717, 1.165) is 23.4 Å². The molecule has 0 bridgehead atoms. The van der Waals surface area contributed by atoms with E-state index in [4.69, 9.17) is 10.00 Å². The first kappa shape index (κ1) is 14.1. The van der Waals surface area contributed by atoms with E-state index in [2.05, 4.69) is 11.4 Å². The maximum atomic E-state index is 9.09. The number of hydrogen-bond acceptors (Lipinski definition) is 3. The molecule has 0 aliphatic carbocycles. The summed E-state index contributed by atoms with van der Waals surface area (Å²) in [7, 11) is 0. The lowest BCUT2D eigenvalue weighted by molar-refractivity contribution is 0.306. The van der Waals surface area contributed by atoms with Crippen LogP contribution >= 0.6 is 0 Å². The van der Waals surface area contributed by atoms with Gasteiger partial charge in [-0.3, -0.25) is 5.32 Å². The van der Waals surface area contributed by atoms with Crippen molar-refractivity contribution in [1.29, 1.82) is 5.26 Å². The Morgan fingerprint density at radius 3 is 2.40 bits per heavy atom. The highest BCUT2D eigenvalue weighted by molar-refractivity contribution is 5.31. The van der Waals surface area contributed by atoms with Gasteiger partial charge in [-0.05, 0) is 29.8 Å². The second-order valence-corrected chi connectivity index (χ2v) is 4.46. The van der Waals surface area contributed by atoms with Crippen LogP contribution in [0.15, 0.2) is 54.6 Å². The molecule has 0 saturated carbocycles. The molecular formula is C17H18N2O. The van der Waals surface area contributed by atoms with Gasteiger partial charge in [0.05, 0.1) is 6.07 Å². The minimum absolute atomic E-state index is 0.261. The van der Waals surface area contributed by atoms with Crippen molar-refractivity contribution in [2.24, 2.45) is 0 Å². The predicted molar refractivity (Wildman–Crippen MR) is 79.2 cm³/mol. The highest BCUT2D eigenvalue weighted by atomic mass is 16.5. The Kier molecular flexibility index (Phi) is 5.16. The van der Waals surface area contributed by atoms with Crippen LogP contribution in [0.1, 0.15) is 24.1 Å². The number of nitrogens with zero attached hydrogens (tertiary/aromatic N) is 1. The fourth-order valence-corrected chi connectivity index (χ4v) is 1.94.